The third kappa shape index (κ3) is 7.30. The minimum Gasteiger partial charge on any atom is -0.496 e. The third-order valence-electron chi connectivity index (χ3n) is 9.86. The van der Waals surface area contributed by atoms with Crippen molar-refractivity contribution in [2.24, 2.45) is 0 Å². The molecule has 0 radical (unpaired) electrons. The SMILES string of the molecule is COc1cc(/C=C/c2ccnc(-c3cccc(-c4nc5cc(CN6CC[C@@H](O)C6)cc(C#N)c5o4)c3C)c2Cl)c(C(F)(F)F)cc1CN1CCCC1. The summed E-state index contributed by atoms with van der Waals surface area (Å²) in [5.41, 5.74) is 5.01. The number of oxazole rings is 1. The van der Waals surface area contributed by atoms with E-state index in [2.05, 4.69) is 20.9 Å². The number of halogens is 4. The molecule has 0 unspecified atom stereocenters. The molecule has 4 heterocycles. The summed E-state index contributed by atoms with van der Waals surface area (Å²) in [6.45, 7) is 5.92. The zero-order chi connectivity index (χ0) is 36.6. The standard InChI is InChI=1S/C40H37ClF3N5O3/c1-24-31(6-5-7-32(24)39-47-34-17-25(16-28(20-45)38(34)52-39)21-49-15-11-30(50)23-49)37-36(41)26(10-12-46-37)8-9-27-19-35(51-2)29(18-33(27)40(42,43)44)22-48-13-3-4-14-48/h5-10,12,16-19,30,50H,3-4,11,13-15,21-23H2,1-2H3/b9-8+/t30-/m1/s1. The number of methoxy groups -OCH3 is 1. The van der Waals surface area contributed by atoms with E-state index < -0.39 is 11.7 Å². The van der Waals surface area contributed by atoms with Crippen molar-refractivity contribution < 1.29 is 27.4 Å². The molecule has 1 N–H and O–H groups in total. The maximum absolute atomic E-state index is 14.4. The number of aliphatic hydroxyl groups excluding tert-OH is 1. The lowest BCUT2D eigenvalue weighted by Crippen LogP contribution is -2.21. The summed E-state index contributed by atoms with van der Waals surface area (Å²) in [5.74, 6) is 0.728. The first-order valence-electron chi connectivity index (χ1n) is 17.2. The van der Waals surface area contributed by atoms with Crippen molar-refractivity contribution >= 4 is 34.9 Å². The predicted octanol–water partition coefficient (Wildman–Crippen LogP) is 8.75. The number of hydrogen-bond acceptors (Lipinski definition) is 8. The summed E-state index contributed by atoms with van der Waals surface area (Å²) in [7, 11) is 1.47. The van der Waals surface area contributed by atoms with Crippen LogP contribution in [0, 0.1) is 18.3 Å². The zero-order valence-corrected chi connectivity index (χ0v) is 29.6. The Labute approximate surface area is 304 Å². The van der Waals surface area contributed by atoms with E-state index in [4.69, 9.17) is 25.7 Å². The molecule has 2 saturated heterocycles. The minimum atomic E-state index is -4.58. The van der Waals surface area contributed by atoms with Crippen LogP contribution in [0.1, 0.15) is 58.2 Å². The maximum Gasteiger partial charge on any atom is 0.417 e. The van der Waals surface area contributed by atoms with E-state index in [1.165, 1.54) is 25.3 Å². The van der Waals surface area contributed by atoms with Crippen molar-refractivity contribution in [3.8, 4) is 34.5 Å². The minimum absolute atomic E-state index is 0.0315. The summed E-state index contributed by atoms with van der Waals surface area (Å²) >= 11 is 6.93. The van der Waals surface area contributed by atoms with Gasteiger partial charge in [0.1, 0.15) is 17.3 Å². The molecule has 7 rings (SSSR count). The molecule has 2 aliphatic rings. The molecule has 2 aromatic heterocycles. The summed E-state index contributed by atoms with van der Waals surface area (Å²) in [6, 6.07) is 15.8. The van der Waals surface area contributed by atoms with E-state index >= 15 is 0 Å². The number of nitrogens with zero attached hydrogens (tertiary/aromatic N) is 5. The van der Waals surface area contributed by atoms with Crippen LogP contribution in [0.4, 0.5) is 13.2 Å². The Morgan fingerprint density at radius 3 is 2.52 bits per heavy atom. The van der Waals surface area contributed by atoms with Gasteiger partial charge in [0.15, 0.2) is 5.58 Å². The van der Waals surface area contributed by atoms with Crippen molar-refractivity contribution in [1.29, 1.82) is 5.26 Å². The predicted molar refractivity (Wildman–Crippen MR) is 194 cm³/mol. The van der Waals surface area contributed by atoms with Gasteiger partial charge in [-0.15, -0.1) is 0 Å². The third-order valence-corrected chi connectivity index (χ3v) is 10.3. The van der Waals surface area contributed by atoms with Gasteiger partial charge in [0.25, 0.3) is 0 Å². The van der Waals surface area contributed by atoms with E-state index in [-0.39, 0.29) is 16.7 Å². The fraction of sp³-hybridized carbons (Fsp3) is 0.325. The largest absolute Gasteiger partial charge is 0.496 e. The molecule has 0 bridgehead atoms. The molecule has 0 saturated carbocycles. The number of β-amino-alcohol motifs (C(OH)–C–C–N with tert-alkyl or cyclic N) is 1. The Morgan fingerprint density at radius 1 is 1.04 bits per heavy atom. The van der Waals surface area contributed by atoms with Crippen LogP contribution in [-0.4, -0.2) is 64.3 Å². The number of hydrogen-bond donors (Lipinski definition) is 1. The first kappa shape index (κ1) is 35.7. The van der Waals surface area contributed by atoms with Gasteiger partial charge >= 0.3 is 6.18 Å². The molecule has 2 fully saturated rings. The molecule has 5 aromatic rings. The summed E-state index contributed by atoms with van der Waals surface area (Å²) in [5, 5.41) is 20.1. The number of benzene rings is 3. The Morgan fingerprint density at radius 2 is 1.81 bits per heavy atom. The van der Waals surface area contributed by atoms with Crippen LogP contribution in [0.15, 0.2) is 59.1 Å². The van der Waals surface area contributed by atoms with Gasteiger partial charge in [0, 0.05) is 49.1 Å². The van der Waals surface area contributed by atoms with Crippen LogP contribution in [0.25, 0.3) is 46.0 Å². The van der Waals surface area contributed by atoms with Gasteiger partial charge in [-0.3, -0.25) is 14.8 Å². The summed E-state index contributed by atoms with van der Waals surface area (Å²) < 4.78 is 54.8. The molecule has 3 aromatic carbocycles. The molecule has 0 amide bonds. The van der Waals surface area contributed by atoms with Crippen LogP contribution < -0.4 is 4.74 Å². The number of aromatic nitrogens is 2. The Balaban J connectivity index is 1.20. The number of alkyl halides is 3. The number of nitriles is 1. The van der Waals surface area contributed by atoms with Crippen LogP contribution >= 0.6 is 11.6 Å². The number of aliphatic hydroxyl groups is 1. The molecular weight excluding hydrogens is 691 g/mol. The first-order chi connectivity index (χ1) is 25.0. The monoisotopic (exact) mass is 727 g/mol. The normalized spacial score (nSPS) is 17.1. The van der Waals surface area contributed by atoms with Crippen molar-refractivity contribution in [3.05, 3.63) is 98.7 Å². The molecule has 0 aliphatic carbocycles. The van der Waals surface area contributed by atoms with Gasteiger partial charge in [0.05, 0.1) is 35.1 Å². The van der Waals surface area contributed by atoms with Gasteiger partial charge < -0.3 is 14.3 Å². The number of fused-ring (bicyclic) bond motifs is 1. The van der Waals surface area contributed by atoms with E-state index in [1.807, 2.05) is 31.2 Å². The number of ether oxygens (including phenoxy) is 1. The molecule has 0 spiro atoms. The fourth-order valence-corrected chi connectivity index (χ4v) is 7.47. The lowest BCUT2D eigenvalue weighted by molar-refractivity contribution is -0.137. The highest BCUT2D eigenvalue weighted by Crippen LogP contribution is 2.40. The topological polar surface area (TPSA) is 98.7 Å². The molecule has 12 heteroatoms. The van der Waals surface area contributed by atoms with Gasteiger partial charge in [0.2, 0.25) is 5.89 Å². The molecule has 268 valence electrons. The Bertz CT molecular complexity index is 2200. The number of pyridine rings is 1. The van der Waals surface area contributed by atoms with Crippen LogP contribution in [0.3, 0.4) is 0 Å². The van der Waals surface area contributed by atoms with Gasteiger partial charge in [-0.2, -0.15) is 18.4 Å². The van der Waals surface area contributed by atoms with Crippen molar-refractivity contribution in [2.45, 2.75) is 51.6 Å². The van der Waals surface area contributed by atoms with Crippen molar-refractivity contribution in [3.63, 3.8) is 0 Å². The Hall–Kier alpha value is -4.73. The van der Waals surface area contributed by atoms with Crippen LogP contribution in [0.2, 0.25) is 5.02 Å². The molecular formula is C40H37ClF3N5O3. The first-order valence-corrected chi connectivity index (χ1v) is 17.6. The van der Waals surface area contributed by atoms with Gasteiger partial charge in [-0.05, 0) is 97.9 Å². The number of rotatable bonds is 9. The highest BCUT2D eigenvalue weighted by Gasteiger charge is 2.34. The van der Waals surface area contributed by atoms with Gasteiger partial charge in [-0.25, -0.2) is 4.98 Å². The van der Waals surface area contributed by atoms with Gasteiger partial charge in [-0.1, -0.05) is 35.9 Å². The lowest BCUT2D eigenvalue weighted by Gasteiger charge is -2.20. The summed E-state index contributed by atoms with van der Waals surface area (Å²) in [4.78, 5) is 13.6. The Kier molecular flexibility index (Phi) is 10.1. The molecule has 1 atom stereocenters. The summed E-state index contributed by atoms with van der Waals surface area (Å²) in [6.07, 6.45) is 2.39. The number of likely N-dealkylation sites (tertiary alicyclic amines) is 2. The van der Waals surface area contributed by atoms with E-state index in [0.717, 1.165) is 50.0 Å². The average molecular weight is 728 g/mol. The second-order valence-corrected chi connectivity index (χ2v) is 13.8. The highest BCUT2D eigenvalue weighted by atomic mass is 35.5. The molecule has 52 heavy (non-hydrogen) atoms. The fourth-order valence-electron chi connectivity index (χ4n) is 7.19. The molecule has 8 nitrogen and oxygen atoms in total. The van der Waals surface area contributed by atoms with E-state index in [1.54, 1.807) is 24.4 Å². The zero-order valence-electron chi connectivity index (χ0n) is 28.8. The van der Waals surface area contributed by atoms with E-state index in [0.29, 0.717) is 75.9 Å². The lowest BCUT2D eigenvalue weighted by atomic mass is 9.98. The van der Waals surface area contributed by atoms with Crippen LogP contribution in [0.5, 0.6) is 5.75 Å². The molecule has 2 aliphatic heterocycles. The quantitative estimate of drug-likeness (QED) is 0.161. The average Bonchev–Trinajstić information content (AvgIpc) is 3.89. The van der Waals surface area contributed by atoms with Crippen LogP contribution in [-0.2, 0) is 19.3 Å². The maximum atomic E-state index is 14.4. The van der Waals surface area contributed by atoms with Crippen molar-refractivity contribution in [1.82, 2.24) is 19.8 Å². The van der Waals surface area contributed by atoms with E-state index in [9.17, 15) is 23.5 Å². The smallest absolute Gasteiger partial charge is 0.417 e. The van der Waals surface area contributed by atoms with Crippen molar-refractivity contribution in [2.75, 3.05) is 33.3 Å². The second-order valence-electron chi connectivity index (χ2n) is 13.4. The second kappa shape index (κ2) is 14.7. The highest BCUT2D eigenvalue weighted by molar-refractivity contribution is 6.34.